The summed E-state index contributed by atoms with van der Waals surface area (Å²) in [6.45, 7) is 2.80. The second-order valence-electron chi connectivity index (χ2n) is 4.43. The van der Waals surface area contributed by atoms with E-state index in [1.807, 2.05) is 43.3 Å². The Morgan fingerprint density at radius 3 is 2.47 bits per heavy atom. The highest BCUT2D eigenvalue weighted by atomic mass is 35.5. The molecule has 0 heterocycles. The minimum Gasteiger partial charge on any atom is -0.310 e. The van der Waals surface area contributed by atoms with Gasteiger partial charge in [0.25, 0.3) is 0 Å². The molecule has 1 nitrogen and oxygen atoms in total. The summed E-state index contributed by atoms with van der Waals surface area (Å²) in [7, 11) is 0. The Morgan fingerprint density at radius 1 is 1.11 bits per heavy atom. The topological polar surface area (TPSA) is 12.0 Å². The molecule has 19 heavy (non-hydrogen) atoms. The van der Waals surface area contributed by atoms with Gasteiger partial charge in [-0.2, -0.15) is 0 Å². The van der Waals surface area contributed by atoms with Crippen LogP contribution in [0.15, 0.2) is 48.5 Å². The molecular weight excluding hydrogens is 261 g/mol. The first-order valence-corrected chi connectivity index (χ1v) is 6.81. The van der Waals surface area contributed by atoms with Gasteiger partial charge in [0.05, 0.1) is 0 Å². The molecular formula is C16H17ClFN. The standard InChI is InChI=1S/C16H17ClFN/c1-2-19-16(13-8-4-6-10-15(13)18)11-12-7-3-5-9-14(12)17/h3-10,16,19H,2,11H2,1H3. The summed E-state index contributed by atoms with van der Waals surface area (Å²) in [5, 5.41) is 4.04. The first kappa shape index (κ1) is 14.0. The molecule has 1 unspecified atom stereocenters. The largest absolute Gasteiger partial charge is 0.310 e. The summed E-state index contributed by atoms with van der Waals surface area (Å²) in [5.41, 5.74) is 1.71. The van der Waals surface area contributed by atoms with Gasteiger partial charge >= 0.3 is 0 Å². The average Bonchev–Trinajstić information content (AvgIpc) is 2.41. The summed E-state index contributed by atoms with van der Waals surface area (Å²) in [5.74, 6) is -0.180. The fourth-order valence-electron chi connectivity index (χ4n) is 2.18. The zero-order valence-electron chi connectivity index (χ0n) is 10.9. The van der Waals surface area contributed by atoms with Gasteiger partial charge in [-0.25, -0.2) is 4.39 Å². The van der Waals surface area contributed by atoms with Crippen molar-refractivity contribution in [3.8, 4) is 0 Å². The van der Waals surface area contributed by atoms with Gasteiger partial charge in [0.1, 0.15) is 5.82 Å². The van der Waals surface area contributed by atoms with Crippen LogP contribution < -0.4 is 5.32 Å². The number of rotatable bonds is 5. The molecule has 0 bridgehead atoms. The van der Waals surface area contributed by atoms with E-state index in [0.29, 0.717) is 12.0 Å². The predicted octanol–water partition coefficient (Wildman–Crippen LogP) is 4.37. The Kier molecular flexibility index (Phi) is 4.94. The van der Waals surface area contributed by atoms with Gasteiger partial charge in [-0.15, -0.1) is 0 Å². The predicted molar refractivity (Wildman–Crippen MR) is 78.0 cm³/mol. The van der Waals surface area contributed by atoms with E-state index in [1.54, 1.807) is 6.07 Å². The Bertz CT molecular complexity index is 542. The SMILES string of the molecule is CCNC(Cc1ccccc1Cl)c1ccccc1F. The summed E-state index contributed by atoms with van der Waals surface area (Å²) >= 11 is 6.17. The van der Waals surface area contributed by atoms with Crippen molar-refractivity contribution in [1.29, 1.82) is 0 Å². The molecule has 1 N–H and O–H groups in total. The molecule has 0 aliphatic heterocycles. The van der Waals surface area contributed by atoms with Gasteiger partial charge in [0.15, 0.2) is 0 Å². The van der Waals surface area contributed by atoms with Crippen LogP contribution in [0.5, 0.6) is 0 Å². The maximum atomic E-state index is 13.9. The zero-order chi connectivity index (χ0) is 13.7. The number of nitrogens with one attached hydrogen (secondary N) is 1. The second-order valence-corrected chi connectivity index (χ2v) is 4.83. The van der Waals surface area contributed by atoms with Crippen molar-refractivity contribution >= 4 is 11.6 Å². The van der Waals surface area contributed by atoms with Crippen molar-refractivity contribution in [1.82, 2.24) is 5.32 Å². The van der Waals surface area contributed by atoms with Gasteiger partial charge < -0.3 is 5.32 Å². The Morgan fingerprint density at radius 2 is 1.79 bits per heavy atom. The molecule has 2 aromatic carbocycles. The Balaban J connectivity index is 2.27. The van der Waals surface area contributed by atoms with Gasteiger partial charge in [-0.3, -0.25) is 0 Å². The molecule has 3 heteroatoms. The minimum atomic E-state index is -0.180. The lowest BCUT2D eigenvalue weighted by Gasteiger charge is -2.19. The molecule has 0 aliphatic rings. The third-order valence-electron chi connectivity index (χ3n) is 3.11. The lowest BCUT2D eigenvalue weighted by molar-refractivity contribution is 0.510. The van der Waals surface area contributed by atoms with Crippen LogP contribution in [0.2, 0.25) is 5.02 Å². The van der Waals surface area contributed by atoms with Crippen LogP contribution in [0.3, 0.4) is 0 Å². The lowest BCUT2D eigenvalue weighted by atomic mass is 9.98. The highest BCUT2D eigenvalue weighted by Gasteiger charge is 2.16. The van der Waals surface area contributed by atoms with Gasteiger partial charge in [0.2, 0.25) is 0 Å². The van der Waals surface area contributed by atoms with Crippen LogP contribution in [-0.2, 0) is 6.42 Å². The van der Waals surface area contributed by atoms with E-state index in [-0.39, 0.29) is 11.9 Å². The first-order valence-electron chi connectivity index (χ1n) is 6.43. The van der Waals surface area contributed by atoms with Crippen molar-refractivity contribution in [2.75, 3.05) is 6.54 Å². The van der Waals surface area contributed by atoms with Crippen molar-refractivity contribution in [3.05, 3.63) is 70.5 Å². The van der Waals surface area contributed by atoms with Crippen molar-refractivity contribution in [2.45, 2.75) is 19.4 Å². The summed E-state index contributed by atoms with van der Waals surface area (Å²) in [4.78, 5) is 0. The molecule has 0 saturated heterocycles. The van der Waals surface area contributed by atoms with Crippen LogP contribution in [0.1, 0.15) is 24.1 Å². The fourth-order valence-corrected chi connectivity index (χ4v) is 2.39. The van der Waals surface area contributed by atoms with E-state index in [4.69, 9.17) is 11.6 Å². The van der Waals surface area contributed by atoms with E-state index in [2.05, 4.69) is 5.32 Å². The quantitative estimate of drug-likeness (QED) is 0.856. The Hall–Kier alpha value is -1.38. The summed E-state index contributed by atoms with van der Waals surface area (Å²) < 4.78 is 13.9. The molecule has 0 radical (unpaired) electrons. The van der Waals surface area contributed by atoms with Crippen LogP contribution in [0.4, 0.5) is 4.39 Å². The minimum absolute atomic E-state index is 0.0638. The van der Waals surface area contributed by atoms with Gasteiger partial charge in [-0.1, -0.05) is 54.9 Å². The number of hydrogen-bond acceptors (Lipinski definition) is 1. The van der Waals surface area contributed by atoms with Crippen LogP contribution >= 0.6 is 11.6 Å². The molecule has 0 spiro atoms. The molecule has 0 fully saturated rings. The highest BCUT2D eigenvalue weighted by molar-refractivity contribution is 6.31. The van der Waals surface area contributed by atoms with E-state index in [0.717, 1.165) is 17.1 Å². The first-order chi connectivity index (χ1) is 9.22. The normalized spacial score (nSPS) is 12.4. The maximum absolute atomic E-state index is 13.9. The average molecular weight is 278 g/mol. The van der Waals surface area contributed by atoms with Crippen molar-refractivity contribution in [3.63, 3.8) is 0 Å². The van der Waals surface area contributed by atoms with E-state index >= 15 is 0 Å². The molecule has 2 rings (SSSR count). The highest BCUT2D eigenvalue weighted by Crippen LogP contribution is 2.25. The maximum Gasteiger partial charge on any atom is 0.127 e. The van der Waals surface area contributed by atoms with E-state index in [9.17, 15) is 4.39 Å². The number of hydrogen-bond donors (Lipinski definition) is 1. The van der Waals surface area contributed by atoms with E-state index < -0.39 is 0 Å². The van der Waals surface area contributed by atoms with E-state index in [1.165, 1.54) is 6.07 Å². The lowest BCUT2D eigenvalue weighted by Crippen LogP contribution is -2.24. The zero-order valence-corrected chi connectivity index (χ0v) is 11.6. The fraction of sp³-hybridized carbons (Fsp3) is 0.250. The molecule has 0 aromatic heterocycles. The molecule has 0 amide bonds. The number of halogens is 2. The Labute approximate surface area is 118 Å². The third-order valence-corrected chi connectivity index (χ3v) is 3.48. The number of benzene rings is 2. The third kappa shape index (κ3) is 3.55. The smallest absolute Gasteiger partial charge is 0.127 e. The monoisotopic (exact) mass is 277 g/mol. The van der Waals surface area contributed by atoms with Crippen LogP contribution in [-0.4, -0.2) is 6.54 Å². The molecule has 1 atom stereocenters. The second kappa shape index (κ2) is 6.69. The summed E-state index contributed by atoms with van der Waals surface area (Å²) in [6.07, 6.45) is 0.675. The van der Waals surface area contributed by atoms with Crippen LogP contribution in [0.25, 0.3) is 0 Å². The number of likely N-dealkylation sites (N-methyl/N-ethyl adjacent to an activating group) is 1. The van der Waals surface area contributed by atoms with Crippen molar-refractivity contribution in [2.24, 2.45) is 0 Å². The van der Waals surface area contributed by atoms with Crippen molar-refractivity contribution < 1.29 is 4.39 Å². The summed E-state index contributed by atoms with van der Waals surface area (Å²) in [6, 6.07) is 14.5. The van der Waals surface area contributed by atoms with Crippen LogP contribution in [0, 0.1) is 5.82 Å². The molecule has 0 aliphatic carbocycles. The molecule has 0 saturated carbocycles. The molecule has 100 valence electrons. The van der Waals surface area contributed by atoms with Gasteiger partial charge in [0, 0.05) is 16.6 Å². The van der Waals surface area contributed by atoms with Gasteiger partial charge in [-0.05, 0) is 30.7 Å². The molecule has 2 aromatic rings.